The predicted octanol–water partition coefficient (Wildman–Crippen LogP) is 3.53. The van der Waals surface area contributed by atoms with Crippen molar-refractivity contribution in [3.05, 3.63) is 39.8 Å². The molecule has 1 saturated heterocycles. The van der Waals surface area contributed by atoms with Crippen LogP contribution in [0.1, 0.15) is 12.0 Å². The topological polar surface area (TPSA) is 48.5 Å². The SMILES string of the molecule is CN1CCC2(C1)CN(C(=O)Nc1nccs1)c1ccc(Br)cc12. The smallest absolute Gasteiger partial charge is 0.305 e. The zero-order valence-electron chi connectivity index (χ0n) is 12.8. The third-order valence-corrected chi connectivity index (χ3v) is 5.90. The van der Waals surface area contributed by atoms with E-state index in [-0.39, 0.29) is 11.4 Å². The summed E-state index contributed by atoms with van der Waals surface area (Å²) < 4.78 is 1.06. The van der Waals surface area contributed by atoms with Crippen molar-refractivity contribution in [3.63, 3.8) is 0 Å². The molecule has 2 aliphatic rings. The van der Waals surface area contributed by atoms with Gasteiger partial charge in [-0.1, -0.05) is 15.9 Å². The Labute approximate surface area is 147 Å². The monoisotopic (exact) mass is 392 g/mol. The zero-order valence-corrected chi connectivity index (χ0v) is 15.2. The molecule has 1 N–H and O–H groups in total. The van der Waals surface area contributed by atoms with Crippen LogP contribution in [-0.4, -0.2) is 42.6 Å². The largest absolute Gasteiger partial charge is 0.328 e. The summed E-state index contributed by atoms with van der Waals surface area (Å²) in [7, 11) is 2.14. The summed E-state index contributed by atoms with van der Waals surface area (Å²) in [5.74, 6) is 0. The van der Waals surface area contributed by atoms with Gasteiger partial charge in [0.25, 0.3) is 0 Å². The van der Waals surface area contributed by atoms with Crippen molar-refractivity contribution in [2.75, 3.05) is 36.9 Å². The molecule has 2 aromatic rings. The van der Waals surface area contributed by atoms with Gasteiger partial charge >= 0.3 is 6.03 Å². The Bertz CT molecular complexity index is 751. The number of aromatic nitrogens is 1. The molecule has 1 fully saturated rings. The molecule has 0 saturated carbocycles. The lowest BCUT2D eigenvalue weighted by Gasteiger charge is -2.25. The van der Waals surface area contributed by atoms with Gasteiger partial charge in [0.15, 0.2) is 5.13 Å². The van der Waals surface area contributed by atoms with E-state index in [1.165, 1.54) is 16.9 Å². The number of likely N-dealkylation sites (tertiary alicyclic amines) is 1. The average Bonchev–Trinajstić information content (AvgIpc) is 3.21. The molecule has 7 heteroatoms. The number of carbonyl (C=O) groups excluding carboxylic acids is 1. The minimum atomic E-state index is -0.102. The van der Waals surface area contributed by atoms with Crippen LogP contribution in [0.15, 0.2) is 34.2 Å². The average molecular weight is 393 g/mol. The Morgan fingerprint density at radius 3 is 3.00 bits per heavy atom. The summed E-state index contributed by atoms with van der Waals surface area (Å²) in [6.07, 6.45) is 2.77. The summed E-state index contributed by atoms with van der Waals surface area (Å²) in [4.78, 5) is 21.1. The first-order valence-corrected chi connectivity index (χ1v) is 9.21. The normalized spacial score (nSPS) is 23.5. The minimum Gasteiger partial charge on any atom is -0.305 e. The molecule has 2 amide bonds. The summed E-state index contributed by atoms with van der Waals surface area (Å²) in [6, 6.07) is 6.11. The number of fused-ring (bicyclic) bond motifs is 2. The number of urea groups is 1. The van der Waals surface area contributed by atoms with Crippen molar-refractivity contribution in [2.24, 2.45) is 0 Å². The minimum absolute atomic E-state index is 0.0358. The van der Waals surface area contributed by atoms with Gasteiger partial charge in [-0.25, -0.2) is 9.78 Å². The Kier molecular flexibility index (Phi) is 3.66. The zero-order chi connectivity index (χ0) is 16.0. The van der Waals surface area contributed by atoms with Crippen LogP contribution < -0.4 is 10.2 Å². The third kappa shape index (κ3) is 2.56. The fourth-order valence-electron chi connectivity index (χ4n) is 3.70. The second-order valence-electron chi connectivity index (χ2n) is 6.28. The van der Waals surface area contributed by atoms with Crippen LogP contribution in [0, 0.1) is 0 Å². The number of hydrogen-bond donors (Lipinski definition) is 1. The number of carbonyl (C=O) groups is 1. The van der Waals surface area contributed by atoms with Crippen LogP contribution in [0.4, 0.5) is 15.6 Å². The van der Waals surface area contributed by atoms with Gasteiger partial charge in [0.05, 0.1) is 0 Å². The highest BCUT2D eigenvalue weighted by atomic mass is 79.9. The Morgan fingerprint density at radius 2 is 2.30 bits per heavy atom. The molecule has 4 rings (SSSR count). The van der Waals surface area contributed by atoms with E-state index >= 15 is 0 Å². The lowest BCUT2D eigenvalue weighted by Crippen LogP contribution is -2.40. The fourth-order valence-corrected chi connectivity index (χ4v) is 4.57. The standard InChI is InChI=1S/C16H17BrN4OS/c1-20-6-4-16(9-20)10-21(13-3-2-11(17)8-12(13)16)15(22)19-14-18-5-7-23-14/h2-3,5,7-8H,4,6,9-10H2,1H3,(H,18,19,22). The van der Waals surface area contributed by atoms with Crippen LogP contribution in [-0.2, 0) is 5.41 Å². The highest BCUT2D eigenvalue weighted by Gasteiger charge is 2.48. The van der Waals surface area contributed by atoms with Crippen molar-refractivity contribution >= 4 is 44.1 Å². The number of anilines is 2. The van der Waals surface area contributed by atoms with Gasteiger partial charge in [0, 0.05) is 40.2 Å². The summed E-state index contributed by atoms with van der Waals surface area (Å²) in [5, 5.41) is 5.40. The number of thiazole rings is 1. The van der Waals surface area contributed by atoms with Crippen LogP contribution in [0.5, 0.6) is 0 Å². The molecule has 120 valence electrons. The van der Waals surface area contributed by atoms with Gasteiger partial charge in [-0.15, -0.1) is 11.3 Å². The van der Waals surface area contributed by atoms with E-state index in [4.69, 9.17) is 0 Å². The Hall–Kier alpha value is -1.44. The molecule has 0 bridgehead atoms. The van der Waals surface area contributed by atoms with Gasteiger partial charge in [-0.05, 0) is 43.8 Å². The van der Waals surface area contributed by atoms with E-state index in [1.807, 2.05) is 22.4 Å². The highest BCUT2D eigenvalue weighted by molar-refractivity contribution is 9.10. The number of benzene rings is 1. The molecule has 5 nitrogen and oxygen atoms in total. The van der Waals surface area contributed by atoms with Crippen molar-refractivity contribution < 1.29 is 4.79 Å². The second kappa shape index (κ2) is 5.58. The van der Waals surface area contributed by atoms with Crippen LogP contribution in [0.3, 0.4) is 0 Å². The van der Waals surface area contributed by atoms with E-state index in [0.29, 0.717) is 5.13 Å². The molecule has 23 heavy (non-hydrogen) atoms. The molecule has 1 atom stereocenters. The number of nitrogens with one attached hydrogen (secondary N) is 1. The van der Waals surface area contributed by atoms with E-state index in [2.05, 4.69) is 44.2 Å². The summed E-state index contributed by atoms with van der Waals surface area (Å²) >= 11 is 5.01. The quantitative estimate of drug-likeness (QED) is 0.807. The molecule has 2 aliphatic heterocycles. The predicted molar refractivity (Wildman–Crippen MR) is 96.4 cm³/mol. The Morgan fingerprint density at radius 1 is 1.43 bits per heavy atom. The van der Waals surface area contributed by atoms with Gasteiger partial charge in [0.1, 0.15) is 0 Å². The summed E-state index contributed by atoms with van der Waals surface area (Å²) in [5.41, 5.74) is 2.32. The number of halogens is 1. The van der Waals surface area contributed by atoms with Crippen LogP contribution in [0.25, 0.3) is 0 Å². The fraction of sp³-hybridized carbons (Fsp3) is 0.375. The highest BCUT2D eigenvalue weighted by Crippen LogP contribution is 2.47. The first kappa shape index (κ1) is 15.1. The number of nitrogens with zero attached hydrogens (tertiary/aromatic N) is 3. The van der Waals surface area contributed by atoms with Crippen molar-refractivity contribution in [1.82, 2.24) is 9.88 Å². The van der Waals surface area contributed by atoms with Crippen LogP contribution >= 0.6 is 27.3 Å². The van der Waals surface area contributed by atoms with Crippen molar-refractivity contribution in [2.45, 2.75) is 11.8 Å². The van der Waals surface area contributed by atoms with Crippen molar-refractivity contribution in [3.8, 4) is 0 Å². The Balaban J connectivity index is 1.69. The van der Waals surface area contributed by atoms with Crippen LogP contribution in [0.2, 0.25) is 0 Å². The van der Waals surface area contributed by atoms with E-state index in [9.17, 15) is 4.79 Å². The molecule has 1 unspecified atom stereocenters. The van der Waals surface area contributed by atoms with Gasteiger partial charge in [-0.3, -0.25) is 10.2 Å². The number of likely N-dealkylation sites (N-methyl/N-ethyl adjacent to an activating group) is 1. The maximum Gasteiger partial charge on any atom is 0.328 e. The van der Waals surface area contributed by atoms with Gasteiger partial charge in [0.2, 0.25) is 0 Å². The first-order valence-electron chi connectivity index (χ1n) is 7.54. The lowest BCUT2D eigenvalue weighted by molar-refractivity contribution is 0.256. The first-order chi connectivity index (χ1) is 11.1. The van der Waals surface area contributed by atoms with E-state index in [1.54, 1.807) is 6.20 Å². The van der Waals surface area contributed by atoms with E-state index in [0.717, 1.165) is 36.2 Å². The summed E-state index contributed by atoms with van der Waals surface area (Å²) in [6.45, 7) is 2.77. The molecule has 1 aromatic carbocycles. The van der Waals surface area contributed by atoms with Gasteiger partial charge in [-0.2, -0.15) is 0 Å². The maximum atomic E-state index is 12.7. The molecular weight excluding hydrogens is 376 g/mol. The molecule has 3 heterocycles. The second-order valence-corrected chi connectivity index (χ2v) is 8.09. The molecule has 0 aliphatic carbocycles. The van der Waals surface area contributed by atoms with Crippen molar-refractivity contribution in [1.29, 1.82) is 0 Å². The number of hydrogen-bond acceptors (Lipinski definition) is 4. The molecule has 1 spiro atoms. The molecule has 1 aromatic heterocycles. The third-order valence-electron chi connectivity index (χ3n) is 4.72. The maximum absolute atomic E-state index is 12.7. The van der Waals surface area contributed by atoms with E-state index < -0.39 is 0 Å². The van der Waals surface area contributed by atoms with Gasteiger partial charge < -0.3 is 4.90 Å². The lowest BCUT2D eigenvalue weighted by atomic mass is 9.82. The molecule has 0 radical (unpaired) electrons. The molecular formula is C16H17BrN4OS. The number of amides is 2. The number of rotatable bonds is 1.